The minimum absolute atomic E-state index is 0.283. The van der Waals surface area contributed by atoms with E-state index in [-0.39, 0.29) is 6.79 Å². The van der Waals surface area contributed by atoms with Crippen LogP contribution in [-0.4, -0.2) is 13.9 Å². The number of methoxy groups -OCH3 is 1. The average Bonchev–Trinajstić information content (AvgIpc) is 1.66. The topological polar surface area (TPSA) is 18.5 Å². The van der Waals surface area contributed by atoms with Crippen molar-refractivity contribution in [3.8, 4) is 0 Å². The molecule has 0 atom stereocenters. The molecule has 2 heteroatoms. The summed E-state index contributed by atoms with van der Waals surface area (Å²) in [7, 11) is 1.58. The zero-order valence-corrected chi connectivity index (χ0v) is 5.52. The van der Waals surface area contributed by atoms with Crippen molar-refractivity contribution in [3.05, 3.63) is 11.8 Å². The van der Waals surface area contributed by atoms with Gasteiger partial charge in [-0.3, -0.25) is 0 Å². The molecule has 2 nitrogen and oxygen atoms in total. The fraction of sp³-hybridized carbons (Fsp3) is 0.667. The van der Waals surface area contributed by atoms with E-state index in [1.54, 1.807) is 7.11 Å². The molecule has 0 N–H and O–H groups in total. The minimum atomic E-state index is 0.283. The van der Waals surface area contributed by atoms with Gasteiger partial charge in [-0.1, -0.05) is 0 Å². The lowest BCUT2D eigenvalue weighted by Crippen LogP contribution is -1.89. The van der Waals surface area contributed by atoms with Gasteiger partial charge in [-0.25, -0.2) is 0 Å². The summed E-state index contributed by atoms with van der Waals surface area (Å²) >= 11 is 0. The first-order valence-electron chi connectivity index (χ1n) is 2.44. The second-order valence-electron chi connectivity index (χ2n) is 1.65. The van der Waals surface area contributed by atoms with Crippen molar-refractivity contribution in [2.45, 2.75) is 13.8 Å². The highest BCUT2D eigenvalue weighted by Gasteiger charge is 1.77. The van der Waals surface area contributed by atoms with Gasteiger partial charge in [0.1, 0.15) is 0 Å². The lowest BCUT2D eigenvalue weighted by atomic mass is 10.4. The highest BCUT2D eigenvalue weighted by Crippen LogP contribution is 1.86. The molecule has 0 heterocycles. The third-order valence-electron chi connectivity index (χ3n) is 0.453. The average molecular weight is 115 g/mol. The van der Waals surface area contributed by atoms with E-state index in [0.717, 1.165) is 5.57 Å². The molecule has 0 aromatic carbocycles. The first-order chi connectivity index (χ1) is 3.77. The molecule has 0 aromatic heterocycles. The Morgan fingerprint density at radius 2 is 2.12 bits per heavy atom. The number of ether oxygens (including phenoxy) is 2. The van der Waals surface area contributed by atoms with E-state index in [4.69, 9.17) is 4.74 Å². The van der Waals surface area contributed by atoms with Gasteiger partial charge < -0.3 is 9.47 Å². The maximum atomic E-state index is 4.73. The summed E-state index contributed by atoms with van der Waals surface area (Å²) in [6.07, 6.45) is 2.64. The van der Waals surface area contributed by atoms with Gasteiger partial charge >= 0.3 is 0 Å². The fourth-order valence-electron chi connectivity index (χ4n) is 0.233. The van der Waals surface area contributed by atoms with Gasteiger partial charge in [0.15, 0.2) is 13.1 Å². The number of allylic oxidation sites excluding steroid dienone is 1. The molecule has 0 bridgehead atoms. The Balaban J connectivity index is 3.03. The maximum Gasteiger partial charge on any atom is 0.188 e. The van der Waals surface area contributed by atoms with Crippen molar-refractivity contribution in [2.75, 3.05) is 13.9 Å². The molecule has 0 unspecified atom stereocenters. The van der Waals surface area contributed by atoms with E-state index in [9.17, 15) is 0 Å². The normalized spacial score (nSPS) is 8.38. The molecule has 0 aromatic rings. The molecular formula is C6H11O2. The molecule has 1 radical (unpaired) electrons. The molecule has 0 spiro atoms. The Morgan fingerprint density at radius 1 is 1.50 bits per heavy atom. The fourth-order valence-corrected chi connectivity index (χ4v) is 0.233. The summed E-state index contributed by atoms with van der Waals surface area (Å²) < 4.78 is 9.33. The van der Waals surface area contributed by atoms with Gasteiger partial charge in [-0.2, -0.15) is 0 Å². The lowest BCUT2D eigenvalue weighted by molar-refractivity contribution is 0.0100. The van der Waals surface area contributed by atoms with Crippen LogP contribution in [0.25, 0.3) is 0 Å². The SMILES string of the molecule is COCO[C]=C(C)C. The summed E-state index contributed by atoms with van der Waals surface area (Å²) in [5, 5.41) is 0. The zero-order chi connectivity index (χ0) is 6.41. The van der Waals surface area contributed by atoms with Gasteiger partial charge in [0, 0.05) is 7.11 Å². The third kappa shape index (κ3) is 5.50. The molecule has 0 saturated heterocycles. The van der Waals surface area contributed by atoms with Crippen LogP contribution in [0.4, 0.5) is 0 Å². The Labute approximate surface area is 50.1 Å². The van der Waals surface area contributed by atoms with Crippen molar-refractivity contribution < 1.29 is 9.47 Å². The molecular weight excluding hydrogens is 104 g/mol. The molecule has 47 valence electrons. The van der Waals surface area contributed by atoms with Crippen LogP contribution in [0.3, 0.4) is 0 Å². The molecule has 0 aliphatic carbocycles. The molecule has 8 heavy (non-hydrogen) atoms. The number of hydrogen-bond donors (Lipinski definition) is 0. The number of hydrogen-bond acceptors (Lipinski definition) is 2. The quantitative estimate of drug-likeness (QED) is 0.314. The second-order valence-corrected chi connectivity index (χ2v) is 1.65. The van der Waals surface area contributed by atoms with Crippen LogP contribution < -0.4 is 0 Å². The molecule has 0 fully saturated rings. The van der Waals surface area contributed by atoms with Crippen LogP contribution in [0.2, 0.25) is 0 Å². The Kier molecular flexibility index (Phi) is 4.36. The summed E-state index contributed by atoms with van der Waals surface area (Å²) in [4.78, 5) is 0. The van der Waals surface area contributed by atoms with Gasteiger partial charge in [-0.15, -0.1) is 0 Å². The van der Waals surface area contributed by atoms with Crippen molar-refractivity contribution in [1.29, 1.82) is 0 Å². The van der Waals surface area contributed by atoms with E-state index < -0.39 is 0 Å². The van der Waals surface area contributed by atoms with E-state index in [0.29, 0.717) is 0 Å². The summed E-state index contributed by atoms with van der Waals surface area (Å²) in [6, 6.07) is 0. The monoisotopic (exact) mass is 115 g/mol. The first kappa shape index (κ1) is 7.50. The lowest BCUT2D eigenvalue weighted by Gasteiger charge is -1.94. The van der Waals surface area contributed by atoms with Crippen LogP contribution in [0.15, 0.2) is 5.57 Å². The highest BCUT2D eigenvalue weighted by atomic mass is 16.7. The zero-order valence-electron chi connectivity index (χ0n) is 5.52. The standard InChI is InChI=1S/C6H11O2/c1-6(2)4-8-5-7-3/h5H2,1-3H3. The van der Waals surface area contributed by atoms with Crippen LogP contribution in [0.5, 0.6) is 0 Å². The highest BCUT2D eigenvalue weighted by molar-refractivity contribution is 4.79. The smallest absolute Gasteiger partial charge is 0.188 e. The van der Waals surface area contributed by atoms with Crippen LogP contribution >= 0.6 is 0 Å². The van der Waals surface area contributed by atoms with Gasteiger partial charge in [0.2, 0.25) is 0 Å². The van der Waals surface area contributed by atoms with Crippen molar-refractivity contribution in [3.63, 3.8) is 0 Å². The second kappa shape index (κ2) is 4.65. The van der Waals surface area contributed by atoms with Crippen molar-refractivity contribution in [1.82, 2.24) is 0 Å². The van der Waals surface area contributed by atoms with E-state index in [1.165, 1.54) is 0 Å². The van der Waals surface area contributed by atoms with E-state index >= 15 is 0 Å². The largest absolute Gasteiger partial charge is 0.464 e. The van der Waals surface area contributed by atoms with Crippen LogP contribution in [-0.2, 0) is 9.47 Å². The maximum absolute atomic E-state index is 4.73. The van der Waals surface area contributed by atoms with Crippen LogP contribution in [0, 0.1) is 6.26 Å². The Morgan fingerprint density at radius 3 is 2.50 bits per heavy atom. The molecule has 0 saturated carbocycles. The first-order valence-corrected chi connectivity index (χ1v) is 2.44. The predicted octanol–water partition coefficient (Wildman–Crippen LogP) is 1.33. The Hall–Kier alpha value is -0.500. The van der Waals surface area contributed by atoms with Crippen molar-refractivity contribution in [2.24, 2.45) is 0 Å². The molecule has 0 amide bonds. The van der Waals surface area contributed by atoms with Gasteiger partial charge in [-0.05, 0) is 19.4 Å². The van der Waals surface area contributed by atoms with Crippen molar-refractivity contribution >= 4 is 0 Å². The molecule has 0 aliphatic rings. The molecule has 0 rings (SSSR count). The van der Waals surface area contributed by atoms with Gasteiger partial charge in [0.05, 0.1) is 0 Å². The minimum Gasteiger partial charge on any atom is -0.464 e. The summed E-state index contributed by atoms with van der Waals surface area (Å²) in [5.41, 5.74) is 1.02. The summed E-state index contributed by atoms with van der Waals surface area (Å²) in [6.45, 7) is 4.11. The third-order valence-corrected chi connectivity index (χ3v) is 0.453. The predicted molar refractivity (Wildman–Crippen MR) is 31.1 cm³/mol. The molecule has 0 aliphatic heterocycles. The Bertz CT molecular complexity index is 72.6. The van der Waals surface area contributed by atoms with E-state index in [2.05, 4.69) is 11.0 Å². The van der Waals surface area contributed by atoms with Crippen LogP contribution in [0.1, 0.15) is 13.8 Å². The van der Waals surface area contributed by atoms with E-state index in [1.807, 2.05) is 13.8 Å². The summed E-state index contributed by atoms with van der Waals surface area (Å²) in [5.74, 6) is 0. The van der Waals surface area contributed by atoms with Gasteiger partial charge in [0.25, 0.3) is 0 Å². The number of rotatable bonds is 3.